The van der Waals surface area contributed by atoms with E-state index in [0.717, 1.165) is 37.2 Å². The van der Waals surface area contributed by atoms with Gasteiger partial charge in [0.1, 0.15) is 0 Å². The number of nitrogens with one attached hydrogen (secondary N) is 1. The first kappa shape index (κ1) is 14.1. The molecule has 1 aliphatic heterocycles. The Labute approximate surface area is 121 Å². The van der Waals surface area contributed by atoms with Gasteiger partial charge in [0.25, 0.3) is 0 Å². The fourth-order valence-electron chi connectivity index (χ4n) is 2.78. The molecule has 0 saturated carbocycles. The molecule has 0 spiro atoms. The van der Waals surface area contributed by atoms with Crippen molar-refractivity contribution in [2.75, 3.05) is 6.54 Å². The van der Waals surface area contributed by atoms with Crippen LogP contribution in [0.2, 0.25) is 0 Å². The maximum Gasteiger partial charge on any atom is 0.416 e. The third-order valence-corrected chi connectivity index (χ3v) is 3.92. The summed E-state index contributed by atoms with van der Waals surface area (Å²) in [4.78, 5) is 0. The zero-order valence-electron chi connectivity index (χ0n) is 11.5. The lowest BCUT2D eigenvalue weighted by atomic mass is 9.92. The molecule has 0 amide bonds. The highest BCUT2D eigenvalue weighted by atomic mass is 19.4. The minimum atomic E-state index is -4.27. The van der Waals surface area contributed by atoms with Gasteiger partial charge < -0.3 is 5.32 Å². The zero-order valence-corrected chi connectivity index (χ0v) is 11.5. The fourth-order valence-corrected chi connectivity index (χ4v) is 2.78. The molecule has 110 valence electrons. The quantitative estimate of drug-likeness (QED) is 0.883. The number of fused-ring (bicyclic) bond motifs is 1. The predicted octanol–water partition coefficient (Wildman–Crippen LogP) is 3.94. The molecule has 1 N–H and O–H groups in total. The molecular weight excluding hydrogens is 275 g/mol. The van der Waals surface area contributed by atoms with Crippen LogP contribution in [0.15, 0.2) is 42.5 Å². The second-order valence-corrected chi connectivity index (χ2v) is 5.35. The van der Waals surface area contributed by atoms with Crippen molar-refractivity contribution >= 4 is 0 Å². The summed E-state index contributed by atoms with van der Waals surface area (Å²) in [7, 11) is 0. The average Bonchev–Trinajstić information content (AvgIpc) is 2.47. The molecule has 4 heteroatoms. The van der Waals surface area contributed by atoms with Crippen LogP contribution in [0, 0.1) is 0 Å². The second-order valence-electron chi connectivity index (χ2n) is 5.35. The second kappa shape index (κ2) is 5.53. The lowest BCUT2D eigenvalue weighted by molar-refractivity contribution is -0.137. The molecule has 0 saturated heterocycles. The third kappa shape index (κ3) is 3.10. The smallest absolute Gasteiger partial charge is 0.312 e. The molecule has 0 bridgehead atoms. The molecule has 2 aromatic rings. The summed E-state index contributed by atoms with van der Waals surface area (Å²) in [6, 6.07) is 11.7. The van der Waals surface area contributed by atoms with Crippen molar-refractivity contribution in [1.29, 1.82) is 0 Å². The molecule has 0 fully saturated rings. The van der Waals surface area contributed by atoms with E-state index in [1.165, 1.54) is 16.7 Å². The summed E-state index contributed by atoms with van der Waals surface area (Å²) in [5.74, 6) is 0. The van der Waals surface area contributed by atoms with Gasteiger partial charge in [0.2, 0.25) is 0 Å². The highest BCUT2D eigenvalue weighted by Crippen LogP contribution is 2.29. The Balaban J connectivity index is 1.84. The summed E-state index contributed by atoms with van der Waals surface area (Å²) in [6.07, 6.45) is -2.59. The topological polar surface area (TPSA) is 12.0 Å². The van der Waals surface area contributed by atoms with Crippen molar-refractivity contribution in [2.45, 2.75) is 25.6 Å². The Hall–Kier alpha value is -1.81. The Morgan fingerprint density at radius 1 is 1.00 bits per heavy atom. The Bertz CT molecular complexity index is 629. The standard InChI is InChI=1S/C17H16F3N/c18-17(19,20)15-6-4-12(5-7-15)10-14-3-1-2-13-8-9-21-11-16(13)14/h1-7,21H,8-11H2. The molecular formula is C17H16F3N. The molecule has 1 nitrogen and oxygen atoms in total. The van der Waals surface area contributed by atoms with E-state index in [4.69, 9.17) is 0 Å². The summed E-state index contributed by atoms with van der Waals surface area (Å²) >= 11 is 0. The monoisotopic (exact) mass is 291 g/mol. The molecule has 3 rings (SSSR count). The molecule has 0 radical (unpaired) electrons. The van der Waals surface area contributed by atoms with Crippen molar-refractivity contribution < 1.29 is 13.2 Å². The molecule has 1 aliphatic rings. The minimum absolute atomic E-state index is 0.594. The van der Waals surface area contributed by atoms with Crippen molar-refractivity contribution in [3.8, 4) is 0 Å². The molecule has 21 heavy (non-hydrogen) atoms. The Kier molecular flexibility index (Phi) is 3.72. The molecule has 1 heterocycles. The molecule has 0 atom stereocenters. The molecule has 0 unspecified atom stereocenters. The number of rotatable bonds is 2. The molecule has 0 aliphatic carbocycles. The van der Waals surface area contributed by atoms with Gasteiger partial charge in [-0.05, 0) is 53.8 Å². The van der Waals surface area contributed by atoms with Gasteiger partial charge in [0.15, 0.2) is 0 Å². The number of alkyl halides is 3. The number of halogens is 3. The summed E-state index contributed by atoms with van der Waals surface area (Å²) < 4.78 is 37.7. The first-order valence-electron chi connectivity index (χ1n) is 7.00. The van der Waals surface area contributed by atoms with Gasteiger partial charge in [-0.25, -0.2) is 0 Å². The maximum absolute atomic E-state index is 12.6. The lowest BCUT2D eigenvalue weighted by Crippen LogP contribution is -2.24. The number of hydrogen-bond acceptors (Lipinski definition) is 1. The number of hydrogen-bond donors (Lipinski definition) is 1. The highest BCUT2D eigenvalue weighted by Gasteiger charge is 2.29. The van der Waals surface area contributed by atoms with Gasteiger partial charge in [0.05, 0.1) is 5.56 Å². The van der Waals surface area contributed by atoms with E-state index < -0.39 is 11.7 Å². The Morgan fingerprint density at radius 3 is 2.48 bits per heavy atom. The summed E-state index contributed by atoms with van der Waals surface area (Å²) in [5, 5.41) is 3.35. The van der Waals surface area contributed by atoms with E-state index >= 15 is 0 Å². The average molecular weight is 291 g/mol. The van der Waals surface area contributed by atoms with Crippen LogP contribution in [0.25, 0.3) is 0 Å². The molecule has 2 aromatic carbocycles. The van der Waals surface area contributed by atoms with Gasteiger partial charge in [-0.1, -0.05) is 30.3 Å². The van der Waals surface area contributed by atoms with Crippen LogP contribution in [-0.2, 0) is 25.6 Å². The van der Waals surface area contributed by atoms with Crippen LogP contribution < -0.4 is 5.32 Å². The van der Waals surface area contributed by atoms with E-state index in [2.05, 4.69) is 17.4 Å². The van der Waals surface area contributed by atoms with E-state index in [9.17, 15) is 13.2 Å². The SMILES string of the molecule is FC(F)(F)c1ccc(Cc2cccc3c2CNCC3)cc1. The lowest BCUT2D eigenvalue weighted by Gasteiger charge is -2.20. The van der Waals surface area contributed by atoms with Crippen LogP contribution in [0.3, 0.4) is 0 Å². The Morgan fingerprint density at radius 2 is 1.76 bits per heavy atom. The first-order valence-corrected chi connectivity index (χ1v) is 7.00. The summed E-state index contributed by atoms with van der Waals surface area (Å²) in [5.41, 5.74) is 4.14. The van der Waals surface area contributed by atoms with Gasteiger partial charge in [-0.3, -0.25) is 0 Å². The van der Waals surface area contributed by atoms with Gasteiger partial charge in [-0.15, -0.1) is 0 Å². The van der Waals surface area contributed by atoms with Crippen LogP contribution >= 0.6 is 0 Å². The van der Waals surface area contributed by atoms with E-state index in [-0.39, 0.29) is 0 Å². The van der Waals surface area contributed by atoms with Gasteiger partial charge >= 0.3 is 6.18 Å². The summed E-state index contributed by atoms with van der Waals surface area (Å²) in [6.45, 7) is 1.82. The first-order chi connectivity index (χ1) is 10.0. The van der Waals surface area contributed by atoms with Gasteiger partial charge in [0, 0.05) is 6.54 Å². The zero-order chi connectivity index (χ0) is 14.9. The largest absolute Gasteiger partial charge is 0.416 e. The normalized spacial score (nSPS) is 14.8. The molecule has 0 aromatic heterocycles. The fraction of sp³-hybridized carbons (Fsp3) is 0.294. The van der Waals surface area contributed by atoms with Crippen LogP contribution in [0.1, 0.15) is 27.8 Å². The van der Waals surface area contributed by atoms with Crippen molar-refractivity contribution in [1.82, 2.24) is 5.32 Å². The number of benzene rings is 2. The third-order valence-electron chi connectivity index (χ3n) is 3.92. The van der Waals surface area contributed by atoms with Crippen LogP contribution in [0.5, 0.6) is 0 Å². The van der Waals surface area contributed by atoms with E-state index in [0.29, 0.717) is 6.42 Å². The van der Waals surface area contributed by atoms with Gasteiger partial charge in [-0.2, -0.15) is 13.2 Å². The van der Waals surface area contributed by atoms with Crippen molar-refractivity contribution in [3.63, 3.8) is 0 Å². The van der Waals surface area contributed by atoms with E-state index in [1.807, 2.05) is 6.07 Å². The maximum atomic E-state index is 12.6. The highest BCUT2D eigenvalue weighted by molar-refractivity contribution is 5.40. The minimum Gasteiger partial charge on any atom is -0.312 e. The van der Waals surface area contributed by atoms with Crippen LogP contribution in [0.4, 0.5) is 13.2 Å². The van der Waals surface area contributed by atoms with Crippen molar-refractivity contribution in [2.24, 2.45) is 0 Å². The van der Waals surface area contributed by atoms with Crippen LogP contribution in [-0.4, -0.2) is 6.54 Å². The van der Waals surface area contributed by atoms with E-state index in [1.54, 1.807) is 12.1 Å². The van der Waals surface area contributed by atoms with Crippen molar-refractivity contribution in [3.05, 3.63) is 70.3 Å². The predicted molar refractivity (Wildman–Crippen MR) is 76.1 cm³/mol.